The van der Waals surface area contributed by atoms with Gasteiger partial charge in [-0.05, 0) is 25.7 Å². The number of carbonyl (C=O) groups excluding carboxylic acids is 1. The third kappa shape index (κ3) is 5.09. The fourth-order valence-corrected chi connectivity index (χ4v) is 4.25. The Morgan fingerprint density at radius 2 is 1.58 bits per heavy atom. The molecule has 4 heteroatoms. The second-order valence-corrected chi connectivity index (χ2v) is 7.73. The zero-order valence-electron chi connectivity index (χ0n) is 15.0. The number of aromatic nitrogens is 2. The molecular weight excluding hydrogens is 298 g/mol. The Balaban J connectivity index is 1.49. The van der Waals surface area contributed by atoms with Crippen molar-refractivity contribution in [2.45, 2.75) is 95.9 Å². The molecule has 0 spiro atoms. The van der Waals surface area contributed by atoms with Crippen LogP contribution in [0.3, 0.4) is 0 Å². The highest BCUT2D eigenvalue weighted by Gasteiger charge is 2.27. The van der Waals surface area contributed by atoms with Crippen LogP contribution in [0.2, 0.25) is 0 Å². The van der Waals surface area contributed by atoms with Crippen molar-refractivity contribution in [2.24, 2.45) is 5.92 Å². The number of carbonyl (C=O) groups is 1. The Labute approximate surface area is 146 Å². The molecule has 1 aromatic heterocycles. The van der Waals surface area contributed by atoms with Gasteiger partial charge >= 0.3 is 0 Å². The molecule has 1 fully saturated rings. The van der Waals surface area contributed by atoms with Gasteiger partial charge in [-0.2, -0.15) is 0 Å². The van der Waals surface area contributed by atoms with Crippen LogP contribution in [0.5, 0.6) is 0 Å². The molecule has 1 heterocycles. The van der Waals surface area contributed by atoms with Crippen LogP contribution in [0.25, 0.3) is 0 Å². The summed E-state index contributed by atoms with van der Waals surface area (Å²) in [5, 5.41) is 3.39. The number of amides is 1. The zero-order valence-corrected chi connectivity index (χ0v) is 15.0. The number of hydrogen-bond donors (Lipinski definition) is 2. The number of nitrogens with zero attached hydrogens (tertiary/aromatic N) is 1. The average Bonchev–Trinajstić information content (AvgIpc) is 3.05. The fraction of sp³-hybridized carbons (Fsp3) is 0.800. The molecule has 0 aliphatic heterocycles. The lowest BCUT2D eigenvalue weighted by atomic mass is 9.88. The number of imidazole rings is 1. The van der Waals surface area contributed by atoms with E-state index < -0.39 is 0 Å². The summed E-state index contributed by atoms with van der Waals surface area (Å²) < 4.78 is 0. The van der Waals surface area contributed by atoms with Crippen molar-refractivity contribution in [1.82, 2.24) is 15.3 Å². The van der Waals surface area contributed by atoms with Gasteiger partial charge in [0.25, 0.3) is 0 Å². The van der Waals surface area contributed by atoms with Crippen LogP contribution in [0.1, 0.15) is 88.4 Å². The van der Waals surface area contributed by atoms with Crippen molar-refractivity contribution in [3.63, 3.8) is 0 Å². The molecular formula is C20H33N3O. The molecule has 0 bridgehead atoms. The molecule has 1 atom stereocenters. The maximum Gasteiger partial charge on any atom is 0.223 e. The van der Waals surface area contributed by atoms with Crippen molar-refractivity contribution in [2.75, 3.05) is 0 Å². The van der Waals surface area contributed by atoms with Crippen LogP contribution < -0.4 is 5.32 Å². The van der Waals surface area contributed by atoms with Crippen LogP contribution in [-0.4, -0.2) is 21.9 Å². The van der Waals surface area contributed by atoms with Gasteiger partial charge in [0.2, 0.25) is 5.91 Å². The molecule has 2 aliphatic rings. The number of nitrogens with one attached hydrogen (secondary N) is 2. The number of rotatable bonds is 2. The van der Waals surface area contributed by atoms with E-state index >= 15 is 0 Å². The molecule has 4 nitrogen and oxygen atoms in total. The lowest BCUT2D eigenvalue weighted by Gasteiger charge is -2.25. The third-order valence-electron chi connectivity index (χ3n) is 5.81. The minimum absolute atomic E-state index is 0.124. The number of aromatic amines is 1. The number of aryl methyl sites for hydroxylation is 1. The van der Waals surface area contributed by atoms with Crippen molar-refractivity contribution < 1.29 is 4.79 Å². The molecule has 0 saturated heterocycles. The Morgan fingerprint density at radius 3 is 2.25 bits per heavy atom. The van der Waals surface area contributed by atoms with E-state index in [1.54, 1.807) is 6.33 Å². The van der Waals surface area contributed by atoms with E-state index in [0.717, 1.165) is 37.8 Å². The summed E-state index contributed by atoms with van der Waals surface area (Å²) >= 11 is 0. The van der Waals surface area contributed by atoms with Gasteiger partial charge in [-0.15, -0.1) is 0 Å². The van der Waals surface area contributed by atoms with E-state index in [-0.39, 0.29) is 11.8 Å². The van der Waals surface area contributed by atoms with Crippen molar-refractivity contribution in [1.29, 1.82) is 0 Å². The maximum absolute atomic E-state index is 12.7. The minimum Gasteiger partial charge on any atom is -0.353 e. The Bertz CT molecular complexity index is 499. The van der Waals surface area contributed by atoms with Crippen LogP contribution in [0.4, 0.5) is 0 Å². The van der Waals surface area contributed by atoms with E-state index in [1.165, 1.54) is 63.5 Å². The highest BCUT2D eigenvalue weighted by atomic mass is 16.1. The van der Waals surface area contributed by atoms with Crippen LogP contribution in [-0.2, 0) is 17.6 Å². The number of hydrogen-bond acceptors (Lipinski definition) is 2. The zero-order chi connectivity index (χ0) is 16.6. The van der Waals surface area contributed by atoms with E-state index in [4.69, 9.17) is 0 Å². The van der Waals surface area contributed by atoms with Gasteiger partial charge in [-0.1, -0.05) is 57.8 Å². The molecule has 2 N–H and O–H groups in total. The quantitative estimate of drug-likeness (QED) is 0.848. The van der Waals surface area contributed by atoms with Crippen LogP contribution >= 0.6 is 0 Å². The Hall–Kier alpha value is -1.32. The highest BCUT2D eigenvalue weighted by molar-refractivity contribution is 5.79. The van der Waals surface area contributed by atoms with Gasteiger partial charge in [-0.3, -0.25) is 4.79 Å². The first kappa shape index (κ1) is 17.5. The summed E-state index contributed by atoms with van der Waals surface area (Å²) in [6, 6.07) is 0.389. The summed E-state index contributed by atoms with van der Waals surface area (Å²) in [4.78, 5) is 20.3. The monoisotopic (exact) mass is 331 g/mol. The Morgan fingerprint density at radius 1 is 0.958 bits per heavy atom. The molecule has 1 saturated carbocycles. The summed E-state index contributed by atoms with van der Waals surface area (Å²) in [5.74, 6) is 0.395. The van der Waals surface area contributed by atoms with Gasteiger partial charge in [0.15, 0.2) is 0 Å². The third-order valence-corrected chi connectivity index (χ3v) is 5.81. The molecule has 134 valence electrons. The minimum atomic E-state index is 0.124. The van der Waals surface area contributed by atoms with E-state index in [1.807, 2.05) is 0 Å². The lowest BCUT2D eigenvalue weighted by Crippen LogP contribution is -2.40. The number of fused-ring (bicyclic) bond motifs is 1. The molecule has 1 unspecified atom stereocenters. The van der Waals surface area contributed by atoms with Gasteiger partial charge in [-0.25, -0.2) is 4.98 Å². The predicted octanol–water partition coefficient (Wildman–Crippen LogP) is 4.30. The van der Waals surface area contributed by atoms with Crippen molar-refractivity contribution >= 4 is 5.91 Å². The molecule has 0 radical (unpaired) electrons. The van der Waals surface area contributed by atoms with E-state index in [0.29, 0.717) is 6.04 Å². The normalized spacial score (nSPS) is 24.4. The van der Waals surface area contributed by atoms with Crippen LogP contribution in [0.15, 0.2) is 6.33 Å². The van der Waals surface area contributed by atoms with E-state index in [9.17, 15) is 4.79 Å². The molecule has 1 amide bonds. The smallest absolute Gasteiger partial charge is 0.223 e. The van der Waals surface area contributed by atoms with Gasteiger partial charge in [0.1, 0.15) is 0 Å². The second-order valence-electron chi connectivity index (χ2n) is 7.73. The Kier molecular flexibility index (Phi) is 6.74. The summed E-state index contributed by atoms with van der Waals surface area (Å²) in [6.07, 6.45) is 18.9. The van der Waals surface area contributed by atoms with E-state index in [2.05, 4.69) is 15.3 Å². The van der Waals surface area contributed by atoms with Crippen molar-refractivity contribution in [3.8, 4) is 0 Å². The molecule has 3 rings (SSSR count). The molecule has 0 aromatic carbocycles. The molecule has 1 aromatic rings. The second kappa shape index (κ2) is 9.24. The van der Waals surface area contributed by atoms with Gasteiger partial charge < -0.3 is 10.3 Å². The first-order chi connectivity index (χ1) is 11.8. The number of H-pyrrole nitrogens is 1. The van der Waals surface area contributed by atoms with Crippen molar-refractivity contribution in [3.05, 3.63) is 17.7 Å². The van der Waals surface area contributed by atoms with Gasteiger partial charge in [0, 0.05) is 24.1 Å². The average molecular weight is 332 g/mol. The maximum atomic E-state index is 12.7. The summed E-state index contributed by atoms with van der Waals surface area (Å²) in [6.45, 7) is 0. The first-order valence-corrected chi connectivity index (χ1v) is 10.1. The van der Waals surface area contributed by atoms with Gasteiger partial charge in [0.05, 0.1) is 12.0 Å². The predicted molar refractivity (Wildman–Crippen MR) is 96.8 cm³/mol. The largest absolute Gasteiger partial charge is 0.353 e. The lowest BCUT2D eigenvalue weighted by molar-refractivity contribution is -0.126. The standard InChI is InChI=1S/C20H33N3O/c24-20(16-12-13-18-19(14-16)22-15-21-18)23-17-10-8-6-4-2-1-3-5-7-9-11-17/h15-17H,1-14H2,(H,21,22)(H,23,24). The fourth-order valence-electron chi connectivity index (χ4n) is 4.25. The topological polar surface area (TPSA) is 57.8 Å². The molecule has 2 aliphatic carbocycles. The first-order valence-electron chi connectivity index (χ1n) is 10.1. The SMILES string of the molecule is O=C(NC1CCCCCCCCCCC1)C1CCc2nc[nH]c2C1. The highest BCUT2D eigenvalue weighted by Crippen LogP contribution is 2.24. The van der Waals surface area contributed by atoms with Crippen LogP contribution in [0, 0.1) is 5.92 Å². The summed E-state index contributed by atoms with van der Waals surface area (Å²) in [7, 11) is 0. The summed E-state index contributed by atoms with van der Waals surface area (Å²) in [5.41, 5.74) is 2.32. The molecule has 24 heavy (non-hydrogen) atoms.